The number of anilines is 2. The molecule has 0 atom stereocenters. The fourth-order valence-corrected chi connectivity index (χ4v) is 2.62. The second-order valence-electron chi connectivity index (χ2n) is 5.63. The van der Waals surface area contributed by atoms with Crippen LogP contribution in [0, 0.1) is 10.1 Å². The van der Waals surface area contributed by atoms with E-state index >= 15 is 0 Å². The molecule has 0 spiro atoms. The number of rotatable bonds is 6. The van der Waals surface area contributed by atoms with Crippen LogP contribution in [0.1, 0.15) is 18.1 Å². The van der Waals surface area contributed by atoms with Crippen molar-refractivity contribution in [2.45, 2.75) is 18.0 Å². The molecule has 0 saturated heterocycles. The van der Waals surface area contributed by atoms with E-state index in [9.17, 15) is 33.7 Å². The maximum Gasteiger partial charge on any atom is 0.416 e. The zero-order valence-corrected chi connectivity index (χ0v) is 15.8. The number of nitro groups is 1. The third-order valence-electron chi connectivity index (χ3n) is 3.77. The Hall–Kier alpha value is -3.03. The Labute approximate surface area is 167 Å². The average molecular weight is 432 g/mol. The van der Waals surface area contributed by atoms with Crippen molar-refractivity contribution >= 4 is 35.4 Å². The summed E-state index contributed by atoms with van der Waals surface area (Å²) in [7, 11) is 1.46. The number of ether oxygens (including phenoxy) is 1. The molecule has 0 aliphatic heterocycles. The van der Waals surface area contributed by atoms with Gasteiger partial charge in [-0.05, 0) is 36.8 Å². The Morgan fingerprint density at radius 2 is 1.97 bits per heavy atom. The van der Waals surface area contributed by atoms with Gasteiger partial charge in [0.25, 0.3) is 5.69 Å². The first kappa shape index (κ1) is 22.3. The minimum Gasteiger partial charge on any atom is -0.496 e. The molecular formula is C16H15F3N4O5S. The van der Waals surface area contributed by atoms with Gasteiger partial charge in [-0.3, -0.25) is 26.0 Å². The van der Waals surface area contributed by atoms with Crippen LogP contribution in [0.2, 0.25) is 0 Å². The Morgan fingerprint density at radius 3 is 2.45 bits per heavy atom. The van der Waals surface area contributed by atoms with Crippen LogP contribution in [0.3, 0.4) is 0 Å². The van der Waals surface area contributed by atoms with Crippen molar-refractivity contribution in [1.29, 1.82) is 0 Å². The highest BCUT2D eigenvalue weighted by molar-refractivity contribution is 7.80. The third kappa shape index (κ3) is 5.07. The maximum atomic E-state index is 13.0. The van der Waals surface area contributed by atoms with Crippen LogP contribution in [-0.2, 0) is 6.18 Å². The molecule has 0 radical (unpaired) electrons. The van der Waals surface area contributed by atoms with Gasteiger partial charge in [0.15, 0.2) is 5.69 Å². The number of hydrogen-bond acceptors (Lipinski definition) is 9. The average Bonchev–Trinajstić information content (AvgIpc) is 2.64. The van der Waals surface area contributed by atoms with Crippen molar-refractivity contribution in [3.8, 4) is 5.75 Å². The molecule has 0 aromatic heterocycles. The third-order valence-corrected chi connectivity index (χ3v) is 4.12. The number of nitrogens with zero attached hydrogens (tertiary/aromatic N) is 3. The van der Waals surface area contributed by atoms with E-state index in [-0.39, 0.29) is 11.8 Å². The number of hydrazone groups is 1. The minimum absolute atomic E-state index is 0.263. The minimum atomic E-state index is -4.95. The summed E-state index contributed by atoms with van der Waals surface area (Å²) in [6, 6.07) is 5.41. The first-order valence-corrected chi connectivity index (χ1v) is 8.15. The van der Waals surface area contributed by atoms with Crippen molar-refractivity contribution < 1.29 is 33.2 Å². The molecule has 0 bridgehead atoms. The Bertz CT molecular complexity index is 966. The van der Waals surface area contributed by atoms with Crippen LogP contribution in [0.15, 0.2) is 40.3 Å². The molecule has 0 aliphatic rings. The van der Waals surface area contributed by atoms with Gasteiger partial charge in [0, 0.05) is 11.0 Å². The number of hydrogen-bond donors (Lipinski definition) is 4. The molecule has 9 nitrogen and oxygen atoms in total. The largest absolute Gasteiger partial charge is 0.496 e. The standard InChI is InChI=1S/C16H15F3N4O5S/c1-8(9-3-4-13(28-2)14(29)5-9)20-21-15-11(22(24)25)6-10(16(17,18)19)7-12(15)23(26)27/h3-7,21,24-25,29H,1-2H3/b20-8+. The van der Waals surface area contributed by atoms with Gasteiger partial charge in [-0.25, -0.2) is 0 Å². The molecule has 2 aromatic rings. The molecule has 0 saturated carbocycles. The predicted octanol–water partition coefficient (Wildman–Crippen LogP) is 4.33. The van der Waals surface area contributed by atoms with Crippen LogP contribution in [0.5, 0.6) is 5.75 Å². The quantitative estimate of drug-likeness (QED) is 0.232. The lowest BCUT2D eigenvalue weighted by Gasteiger charge is -2.16. The molecule has 156 valence electrons. The summed E-state index contributed by atoms with van der Waals surface area (Å²) in [4.78, 5) is 10.6. The molecule has 2 rings (SSSR count). The SMILES string of the molecule is COc1ccc(/C(C)=N/Nc2c(N(O)O)cc(C(F)(F)F)cc2[N+](=O)[O-])cc1S. The van der Waals surface area contributed by atoms with E-state index < -0.39 is 39.0 Å². The van der Waals surface area contributed by atoms with E-state index in [1.165, 1.54) is 14.0 Å². The van der Waals surface area contributed by atoms with Crippen LogP contribution < -0.4 is 15.4 Å². The molecule has 0 unspecified atom stereocenters. The molecule has 2 aromatic carbocycles. The molecule has 0 amide bonds. The predicted molar refractivity (Wildman–Crippen MR) is 100 cm³/mol. The normalized spacial score (nSPS) is 11.9. The van der Waals surface area contributed by atoms with Crippen LogP contribution in [0.25, 0.3) is 0 Å². The highest BCUT2D eigenvalue weighted by Gasteiger charge is 2.35. The van der Waals surface area contributed by atoms with E-state index in [1.807, 2.05) is 0 Å². The first-order valence-electron chi connectivity index (χ1n) is 7.71. The van der Waals surface area contributed by atoms with Crippen molar-refractivity contribution in [1.82, 2.24) is 0 Å². The lowest BCUT2D eigenvalue weighted by molar-refractivity contribution is -0.384. The van der Waals surface area contributed by atoms with Crippen LogP contribution in [0.4, 0.5) is 30.2 Å². The second-order valence-corrected chi connectivity index (χ2v) is 6.11. The first-order chi connectivity index (χ1) is 13.5. The highest BCUT2D eigenvalue weighted by atomic mass is 32.1. The molecule has 3 N–H and O–H groups in total. The summed E-state index contributed by atoms with van der Waals surface area (Å²) in [6.45, 7) is 1.52. The second kappa shape index (κ2) is 8.55. The number of halogens is 3. The van der Waals surface area contributed by atoms with Gasteiger partial charge in [0.1, 0.15) is 11.4 Å². The Morgan fingerprint density at radius 1 is 1.31 bits per heavy atom. The van der Waals surface area contributed by atoms with Crippen molar-refractivity contribution in [3.63, 3.8) is 0 Å². The number of nitro benzene ring substituents is 1. The zero-order valence-electron chi connectivity index (χ0n) is 14.9. The lowest BCUT2D eigenvalue weighted by atomic mass is 10.1. The summed E-state index contributed by atoms with van der Waals surface area (Å²) < 4.78 is 44.0. The van der Waals surface area contributed by atoms with E-state index in [0.717, 1.165) is 0 Å². The number of alkyl halides is 3. The summed E-state index contributed by atoms with van der Waals surface area (Å²) >= 11 is 4.24. The van der Waals surface area contributed by atoms with Gasteiger partial charge >= 0.3 is 6.18 Å². The summed E-state index contributed by atoms with van der Waals surface area (Å²) in [5, 5.41) is 33.0. The molecule has 13 heteroatoms. The van der Waals surface area contributed by atoms with Crippen molar-refractivity contribution in [2.75, 3.05) is 17.8 Å². The highest BCUT2D eigenvalue weighted by Crippen LogP contribution is 2.41. The fourth-order valence-electron chi connectivity index (χ4n) is 2.31. The summed E-state index contributed by atoms with van der Waals surface area (Å²) in [5.41, 5.74) is -0.999. The van der Waals surface area contributed by atoms with Gasteiger partial charge in [-0.15, -0.1) is 17.9 Å². The van der Waals surface area contributed by atoms with Crippen molar-refractivity contribution in [3.05, 3.63) is 51.6 Å². The monoisotopic (exact) mass is 432 g/mol. The summed E-state index contributed by atoms with van der Waals surface area (Å²) in [5.74, 6) is 0.495. The molecule has 0 aliphatic carbocycles. The number of benzene rings is 2. The molecule has 0 heterocycles. The van der Waals surface area contributed by atoms with Gasteiger partial charge in [0.2, 0.25) is 0 Å². The Kier molecular flexibility index (Phi) is 6.56. The van der Waals surface area contributed by atoms with Crippen LogP contribution in [-0.4, -0.2) is 28.2 Å². The van der Waals surface area contributed by atoms with E-state index in [1.54, 1.807) is 18.2 Å². The number of thiol groups is 1. The molecule has 29 heavy (non-hydrogen) atoms. The topological polar surface area (TPSA) is 120 Å². The Balaban J connectivity index is 2.51. The number of nitrogens with one attached hydrogen (secondary N) is 1. The lowest BCUT2D eigenvalue weighted by Crippen LogP contribution is -2.16. The maximum absolute atomic E-state index is 13.0. The van der Waals surface area contributed by atoms with Crippen LogP contribution >= 0.6 is 12.6 Å². The smallest absolute Gasteiger partial charge is 0.416 e. The number of methoxy groups -OCH3 is 1. The van der Waals surface area contributed by atoms with Gasteiger partial charge < -0.3 is 4.74 Å². The van der Waals surface area contributed by atoms with E-state index in [0.29, 0.717) is 22.3 Å². The molecule has 0 fully saturated rings. The van der Waals surface area contributed by atoms with Gasteiger partial charge in [-0.1, -0.05) is 0 Å². The fraction of sp³-hybridized carbons (Fsp3) is 0.188. The van der Waals surface area contributed by atoms with E-state index in [4.69, 9.17) is 4.74 Å². The molecular weight excluding hydrogens is 417 g/mol. The van der Waals surface area contributed by atoms with Gasteiger partial charge in [-0.2, -0.15) is 18.3 Å². The summed E-state index contributed by atoms with van der Waals surface area (Å²) in [6.07, 6.45) is -4.95. The van der Waals surface area contributed by atoms with E-state index in [2.05, 4.69) is 23.2 Å². The van der Waals surface area contributed by atoms with Crippen molar-refractivity contribution in [2.24, 2.45) is 5.10 Å². The van der Waals surface area contributed by atoms with Gasteiger partial charge in [0.05, 0.1) is 23.3 Å². The zero-order chi connectivity index (χ0) is 21.9.